The quantitative estimate of drug-likeness (QED) is 0.475. The largest absolute Gasteiger partial charge is 0.461 e. The summed E-state index contributed by atoms with van der Waals surface area (Å²) in [5, 5.41) is 5.68. The minimum Gasteiger partial charge on any atom is -0.461 e. The maximum Gasteiger partial charge on any atom is 0.220 e. The first-order valence-electron chi connectivity index (χ1n) is 9.14. The van der Waals surface area contributed by atoms with Gasteiger partial charge in [0.15, 0.2) is 0 Å². The van der Waals surface area contributed by atoms with Gasteiger partial charge in [-0.25, -0.2) is 9.37 Å². The first-order valence-corrected chi connectivity index (χ1v) is 10.0. The van der Waals surface area contributed by atoms with Crippen LogP contribution in [0.1, 0.15) is 17.2 Å². The van der Waals surface area contributed by atoms with Crippen molar-refractivity contribution in [1.82, 2.24) is 15.3 Å². The molecule has 1 aromatic carbocycles. The zero-order valence-electron chi connectivity index (χ0n) is 15.5. The summed E-state index contributed by atoms with van der Waals surface area (Å²) in [5.74, 6) is 0.688. The number of thiazole rings is 1. The molecule has 4 rings (SSSR count). The number of hydrogen-bond donors (Lipinski definition) is 1. The predicted octanol–water partition coefficient (Wildman–Crippen LogP) is 4.85. The number of nitrogens with zero attached hydrogens (tertiary/aromatic N) is 2. The number of furan rings is 1. The zero-order valence-corrected chi connectivity index (χ0v) is 16.3. The minimum atomic E-state index is -0.333. The highest BCUT2D eigenvalue weighted by Gasteiger charge is 2.11. The number of halogens is 1. The molecular weight excluding hydrogens is 389 g/mol. The van der Waals surface area contributed by atoms with Crippen molar-refractivity contribution < 1.29 is 13.6 Å². The van der Waals surface area contributed by atoms with E-state index in [9.17, 15) is 9.18 Å². The lowest BCUT2D eigenvalue weighted by Gasteiger charge is -2.02. The molecule has 0 saturated carbocycles. The number of nitrogens with one attached hydrogen (secondary N) is 1. The number of carbonyl (C=O) groups excluding carboxylic acids is 1. The van der Waals surface area contributed by atoms with Crippen LogP contribution in [-0.4, -0.2) is 15.9 Å². The van der Waals surface area contributed by atoms with Crippen LogP contribution in [0.2, 0.25) is 0 Å². The number of aromatic nitrogens is 2. The van der Waals surface area contributed by atoms with Crippen molar-refractivity contribution in [1.29, 1.82) is 0 Å². The molecule has 1 amide bonds. The predicted molar refractivity (Wildman–Crippen MR) is 110 cm³/mol. The van der Waals surface area contributed by atoms with Crippen molar-refractivity contribution in [2.75, 3.05) is 0 Å². The molecule has 0 radical (unpaired) electrons. The fourth-order valence-corrected chi connectivity index (χ4v) is 3.61. The average molecular weight is 407 g/mol. The molecule has 146 valence electrons. The van der Waals surface area contributed by atoms with Crippen LogP contribution in [0.5, 0.6) is 0 Å². The van der Waals surface area contributed by atoms with Crippen LogP contribution in [0.3, 0.4) is 0 Å². The van der Waals surface area contributed by atoms with E-state index in [1.165, 1.54) is 17.4 Å². The number of benzene rings is 1. The van der Waals surface area contributed by atoms with Gasteiger partial charge in [0.2, 0.25) is 5.91 Å². The van der Waals surface area contributed by atoms with E-state index < -0.39 is 0 Å². The van der Waals surface area contributed by atoms with Crippen LogP contribution in [0.25, 0.3) is 22.6 Å². The van der Waals surface area contributed by atoms with Crippen LogP contribution >= 0.6 is 11.3 Å². The topological polar surface area (TPSA) is 68.0 Å². The molecule has 3 aromatic heterocycles. The van der Waals surface area contributed by atoms with Crippen molar-refractivity contribution in [3.63, 3.8) is 0 Å². The number of rotatable bonds is 7. The normalized spacial score (nSPS) is 10.8. The Hall–Kier alpha value is -3.32. The van der Waals surface area contributed by atoms with Gasteiger partial charge in [-0.15, -0.1) is 11.3 Å². The average Bonchev–Trinajstić information content (AvgIpc) is 3.41. The first kappa shape index (κ1) is 19.0. The van der Waals surface area contributed by atoms with Gasteiger partial charge in [0.25, 0.3) is 0 Å². The van der Waals surface area contributed by atoms with Crippen LogP contribution < -0.4 is 5.32 Å². The Labute approximate surface area is 171 Å². The van der Waals surface area contributed by atoms with Crippen molar-refractivity contribution >= 4 is 17.2 Å². The summed E-state index contributed by atoms with van der Waals surface area (Å²) >= 11 is 1.50. The van der Waals surface area contributed by atoms with Gasteiger partial charge in [-0.2, -0.15) is 0 Å². The maximum absolute atomic E-state index is 13.8. The monoisotopic (exact) mass is 407 g/mol. The SMILES string of the molecule is O=C(CCc1ccc(-c2ccccc2F)o1)NCc1nc(-c2ccncc2)cs1. The van der Waals surface area contributed by atoms with Crippen molar-refractivity contribution in [2.45, 2.75) is 19.4 Å². The Morgan fingerprint density at radius 1 is 1.10 bits per heavy atom. The molecule has 0 aliphatic heterocycles. The lowest BCUT2D eigenvalue weighted by Crippen LogP contribution is -2.22. The van der Waals surface area contributed by atoms with E-state index >= 15 is 0 Å². The lowest BCUT2D eigenvalue weighted by atomic mass is 10.1. The molecule has 0 aliphatic carbocycles. The highest BCUT2D eigenvalue weighted by atomic mass is 32.1. The van der Waals surface area contributed by atoms with Crippen molar-refractivity contribution in [2.24, 2.45) is 0 Å². The highest BCUT2D eigenvalue weighted by molar-refractivity contribution is 7.09. The third kappa shape index (κ3) is 4.75. The maximum atomic E-state index is 13.8. The van der Waals surface area contributed by atoms with Crippen LogP contribution in [-0.2, 0) is 17.8 Å². The zero-order chi connectivity index (χ0) is 20.1. The summed E-state index contributed by atoms with van der Waals surface area (Å²) in [6.07, 6.45) is 4.18. The molecule has 3 heterocycles. The molecule has 0 fully saturated rings. The van der Waals surface area contributed by atoms with Gasteiger partial charge in [0.05, 0.1) is 17.8 Å². The summed E-state index contributed by atoms with van der Waals surface area (Å²) in [5.41, 5.74) is 2.28. The molecule has 29 heavy (non-hydrogen) atoms. The van der Waals surface area contributed by atoms with Crippen molar-refractivity contribution in [3.05, 3.63) is 82.9 Å². The molecule has 0 unspecified atom stereocenters. The van der Waals surface area contributed by atoms with E-state index in [1.807, 2.05) is 17.5 Å². The van der Waals surface area contributed by atoms with Crippen LogP contribution in [0.4, 0.5) is 4.39 Å². The van der Waals surface area contributed by atoms with E-state index in [-0.39, 0.29) is 18.1 Å². The Balaban J connectivity index is 1.28. The standard InChI is InChI=1S/C22H18FN3O2S/c23-18-4-2-1-3-17(18)20-7-5-16(28-20)6-8-21(27)25-13-22-26-19(14-29-22)15-9-11-24-12-10-15/h1-5,7,9-12,14H,6,8,13H2,(H,25,27). The number of pyridine rings is 1. The number of carbonyl (C=O) groups is 1. The molecule has 4 aromatic rings. The van der Waals surface area contributed by atoms with Gasteiger partial charge in [-0.1, -0.05) is 12.1 Å². The van der Waals surface area contributed by atoms with E-state index in [1.54, 1.807) is 42.7 Å². The summed E-state index contributed by atoms with van der Waals surface area (Å²) in [4.78, 5) is 20.7. The Morgan fingerprint density at radius 3 is 2.76 bits per heavy atom. The van der Waals surface area contributed by atoms with E-state index in [4.69, 9.17) is 4.42 Å². The van der Waals surface area contributed by atoms with Gasteiger partial charge in [-0.3, -0.25) is 9.78 Å². The second kappa shape index (κ2) is 8.79. The van der Waals surface area contributed by atoms with E-state index in [0.717, 1.165) is 16.3 Å². The van der Waals surface area contributed by atoms with Crippen molar-refractivity contribution in [3.8, 4) is 22.6 Å². The molecule has 0 saturated heterocycles. The number of amides is 1. The minimum absolute atomic E-state index is 0.0884. The molecule has 1 N–H and O–H groups in total. The van der Waals surface area contributed by atoms with Gasteiger partial charge in [-0.05, 0) is 36.4 Å². The molecular formula is C22H18FN3O2S. The second-order valence-electron chi connectivity index (χ2n) is 6.38. The molecule has 0 bridgehead atoms. The fourth-order valence-electron chi connectivity index (χ4n) is 2.86. The lowest BCUT2D eigenvalue weighted by molar-refractivity contribution is -0.121. The van der Waals surface area contributed by atoms with Gasteiger partial charge in [0, 0.05) is 36.2 Å². The Kier molecular flexibility index (Phi) is 5.76. The third-order valence-electron chi connectivity index (χ3n) is 4.36. The summed E-state index contributed by atoms with van der Waals surface area (Å²) < 4.78 is 19.5. The fraction of sp³-hybridized carbons (Fsp3) is 0.136. The Morgan fingerprint density at radius 2 is 1.93 bits per heavy atom. The molecule has 0 atom stereocenters. The molecule has 0 aliphatic rings. The Bertz CT molecular complexity index is 1110. The summed E-state index contributed by atoms with van der Waals surface area (Å²) in [6.45, 7) is 0.382. The van der Waals surface area contributed by atoms with Gasteiger partial charge in [0.1, 0.15) is 22.3 Å². The molecule has 0 spiro atoms. The van der Waals surface area contributed by atoms with Gasteiger partial charge >= 0.3 is 0 Å². The van der Waals surface area contributed by atoms with E-state index in [0.29, 0.717) is 30.0 Å². The third-order valence-corrected chi connectivity index (χ3v) is 5.21. The summed E-state index contributed by atoms with van der Waals surface area (Å²) in [7, 11) is 0. The summed E-state index contributed by atoms with van der Waals surface area (Å²) in [6, 6.07) is 13.7. The smallest absolute Gasteiger partial charge is 0.220 e. The number of aryl methyl sites for hydroxylation is 1. The van der Waals surface area contributed by atoms with E-state index in [2.05, 4.69) is 15.3 Å². The second-order valence-corrected chi connectivity index (χ2v) is 7.33. The number of hydrogen-bond acceptors (Lipinski definition) is 5. The molecule has 7 heteroatoms. The highest BCUT2D eigenvalue weighted by Crippen LogP contribution is 2.25. The van der Waals surface area contributed by atoms with Crippen LogP contribution in [0.15, 0.2) is 70.7 Å². The molecule has 5 nitrogen and oxygen atoms in total. The van der Waals surface area contributed by atoms with Gasteiger partial charge < -0.3 is 9.73 Å². The van der Waals surface area contributed by atoms with Crippen LogP contribution in [0, 0.1) is 5.82 Å². The first-order chi connectivity index (χ1) is 14.2.